The molecule has 1 rings (SSSR count). The summed E-state index contributed by atoms with van der Waals surface area (Å²) in [6.45, 7) is 0. The lowest BCUT2D eigenvalue weighted by atomic mass is 10.2. The lowest BCUT2D eigenvalue weighted by Crippen LogP contribution is -2.47. The third-order valence-corrected chi connectivity index (χ3v) is 2.37. The summed E-state index contributed by atoms with van der Waals surface area (Å²) < 4.78 is 42.2. The number of hydrogen-bond donors (Lipinski definition) is 3. The van der Waals surface area contributed by atoms with E-state index in [-0.39, 0.29) is 0 Å². The van der Waals surface area contributed by atoms with Crippen LogP contribution in [-0.4, -0.2) is 25.2 Å². The average molecular weight is 277 g/mol. The zero-order valence-corrected chi connectivity index (χ0v) is 10.1. The van der Waals surface area contributed by atoms with Crippen molar-refractivity contribution in [2.75, 3.05) is 12.4 Å². The summed E-state index contributed by atoms with van der Waals surface area (Å²) in [4.78, 5) is 11.5. The van der Waals surface area contributed by atoms with E-state index in [2.05, 4.69) is 5.32 Å². The minimum atomic E-state index is -4.59. The molecule has 1 aromatic carbocycles. The number of alkyl halides is 3. The van der Waals surface area contributed by atoms with Gasteiger partial charge in [0, 0.05) is 0 Å². The highest BCUT2D eigenvalue weighted by atomic mass is 19.4. The molecule has 0 bridgehead atoms. The van der Waals surface area contributed by atoms with Crippen LogP contribution in [0, 0.1) is 0 Å². The summed E-state index contributed by atoms with van der Waals surface area (Å²) >= 11 is 0. The van der Waals surface area contributed by atoms with Crippen molar-refractivity contribution < 1.29 is 22.7 Å². The summed E-state index contributed by atoms with van der Waals surface area (Å²) in [7, 11) is 1.39. The van der Waals surface area contributed by atoms with E-state index >= 15 is 0 Å². The van der Waals surface area contributed by atoms with Crippen molar-refractivity contribution >= 4 is 11.6 Å². The molecule has 0 heterocycles. The fraction of sp³-hybridized carbons (Fsp3) is 0.364. The largest absolute Gasteiger partial charge is 0.495 e. The zero-order valence-electron chi connectivity index (χ0n) is 10.1. The highest BCUT2D eigenvalue weighted by Gasteiger charge is 2.40. The van der Waals surface area contributed by atoms with Gasteiger partial charge in [-0.05, 0) is 12.1 Å². The molecule has 0 aliphatic rings. The van der Waals surface area contributed by atoms with Gasteiger partial charge in [-0.1, -0.05) is 12.1 Å². The van der Waals surface area contributed by atoms with Crippen LogP contribution in [0.15, 0.2) is 24.3 Å². The number of anilines is 1. The van der Waals surface area contributed by atoms with Gasteiger partial charge in [-0.25, -0.2) is 5.43 Å². The molecule has 0 aliphatic carbocycles. The number of halogens is 3. The number of para-hydroxylation sites is 2. The second-order valence-electron chi connectivity index (χ2n) is 3.71. The van der Waals surface area contributed by atoms with E-state index in [9.17, 15) is 18.0 Å². The molecule has 0 saturated carbocycles. The van der Waals surface area contributed by atoms with E-state index in [1.54, 1.807) is 23.6 Å². The number of carbonyl (C=O) groups excluding carboxylic acids is 1. The molecule has 4 N–H and O–H groups in total. The Hall–Kier alpha value is -1.80. The van der Waals surface area contributed by atoms with E-state index in [4.69, 9.17) is 10.6 Å². The second kappa shape index (κ2) is 6.39. The SMILES string of the molecule is COc1ccccc1NC(=O)CC(NN)C(F)(F)F. The third kappa shape index (κ3) is 4.42. The monoisotopic (exact) mass is 277 g/mol. The van der Waals surface area contributed by atoms with Crippen molar-refractivity contribution in [1.82, 2.24) is 5.43 Å². The summed E-state index contributed by atoms with van der Waals surface area (Å²) in [6.07, 6.45) is -5.41. The van der Waals surface area contributed by atoms with E-state index in [0.29, 0.717) is 11.4 Å². The first-order valence-corrected chi connectivity index (χ1v) is 5.34. The minimum absolute atomic E-state index is 0.299. The summed E-state index contributed by atoms with van der Waals surface area (Å²) in [6, 6.07) is 4.31. The minimum Gasteiger partial charge on any atom is -0.495 e. The highest BCUT2D eigenvalue weighted by molar-refractivity contribution is 5.92. The van der Waals surface area contributed by atoms with Crippen molar-refractivity contribution in [2.24, 2.45) is 5.84 Å². The van der Waals surface area contributed by atoms with Gasteiger partial charge < -0.3 is 10.1 Å². The first kappa shape index (κ1) is 15.3. The fourth-order valence-corrected chi connectivity index (χ4v) is 1.40. The summed E-state index contributed by atoms with van der Waals surface area (Å²) in [5, 5.41) is 2.34. The molecule has 1 unspecified atom stereocenters. The Morgan fingerprint density at radius 3 is 2.58 bits per heavy atom. The van der Waals surface area contributed by atoms with Gasteiger partial charge in [-0.15, -0.1) is 0 Å². The van der Waals surface area contributed by atoms with E-state index in [1.165, 1.54) is 13.2 Å². The number of hydrogen-bond acceptors (Lipinski definition) is 4. The van der Waals surface area contributed by atoms with Crippen LogP contribution >= 0.6 is 0 Å². The van der Waals surface area contributed by atoms with Crippen molar-refractivity contribution in [2.45, 2.75) is 18.6 Å². The Morgan fingerprint density at radius 1 is 1.42 bits per heavy atom. The molecule has 5 nitrogen and oxygen atoms in total. The van der Waals surface area contributed by atoms with Crippen LogP contribution in [0.3, 0.4) is 0 Å². The molecular weight excluding hydrogens is 263 g/mol. The van der Waals surface area contributed by atoms with E-state index in [0.717, 1.165) is 0 Å². The van der Waals surface area contributed by atoms with Gasteiger partial charge in [0.25, 0.3) is 0 Å². The Labute approximate surface area is 107 Å². The fourth-order valence-electron chi connectivity index (χ4n) is 1.40. The van der Waals surface area contributed by atoms with Crippen LogP contribution in [0.4, 0.5) is 18.9 Å². The molecule has 106 valence electrons. The van der Waals surface area contributed by atoms with Crippen molar-refractivity contribution in [3.8, 4) is 5.75 Å². The van der Waals surface area contributed by atoms with Gasteiger partial charge in [0.1, 0.15) is 11.8 Å². The van der Waals surface area contributed by atoms with Crippen LogP contribution in [0.25, 0.3) is 0 Å². The van der Waals surface area contributed by atoms with E-state index < -0.39 is 24.5 Å². The molecule has 1 atom stereocenters. The number of rotatable bonds is 5. The number of amides is 1. The van der Waals surface area contributed by atoms with Gasteiger partial charge in [0.2, 0.25) is 5.91 Å². The van der Waals surface area contributed by atoms with Gasteiger partial charge in [-0.2, -0.15) is 13.2 Å². The predicted molar refractivity (Wildman–Crippen MR) is 63.4 cm³/mol. The predicted octanol–water partition coefficient (Wildman–Crippen LogP) is 1.42. The number of benzene rings is 1. The maximum absolute atomic E-state index is 12.4. The first-order chi connectivity index (χ1) is 8.88. The van der Waals surface area contributed by atoms with Gasteiger partial charge >= 0.3 is 6.18 Å². The number of ether oxygens (including phenoxy) is 1. The highest BCUT2D eigenvalue weighted by Crippen LogP contribution is 2.25. The number of carbonyl (C=O) groups is 1. The van der Waals surface area contributed by atoms with E-state index in [1.807, 2.05) is 0 Å². The second-order valence-corrected chi connectivity index (χ2v) is 3.71. The molecule has 0 radical (unpaired) electrons. The number of nitrogens with one attached hydrogen (secondary N) is 2. The van der Waals surface area contributed by atoms with Crippen LogP contribution in [0.1, 0.15) is 6.42 Å². The topological polar surface area (TPSA) is 76.4 Å². The third-order valence-electron chi connectivity index (χ3n) is 2.37. The molecule has 0 aromatic heterocycles. The first-order valence-electron chi connectivity index (χ1n) is 5.34. The quantitative estimate of drug-likeness (QED) is 0.562. The Kier molecular flexibility index (Phi) is 5.13. The van der Waals surface area contributed by atoms with Crippen molar-refractivity contribution in [3.63, 3.8) is 0 Å². The lowest BCUT2D eigenvalue weighted by molar-refractivity contribution is -0.160. The van der Waals surface area contributed by atoms with Crippen molar-refractivity contribution in [3.05, 3.63) is 24.3 Å². The molecule has 0 saturated heterocycles. The lowest BCUT2D eigenvalue weighted by Gasteiger charge is -2.19. The van der Waals surface area contributed by atoms with Crippen molar-refractivity contribution in [1.29, 1.82) is 0 Å². The van der Waals surface area contributed by atoms with Gasteiger partial charge in [0.15, 0.2) is 0 Å². The maximum Gasteiger partial charge on any atom is 0.405 e. The number of hydrazine groups is 1. The molecular formula is C11H14F3N3O2. The zero-order chi connectivity index (χ0) is 14.5. The number of methoxy groups -OCH3 is 1. The molecule has 19 heavy (non-hydrogen) atoms. The van der Waals surface area contributed by atoms with Crippen LogP contribution in [0.5, 0.6) is 5.75 Å². The molecule has 1 aromatic rings. The molecule has 8 heteroatoms. The molecule has 1 amide bonds. The Morgan fingerprint density at radius 2 is 2.05 bits per heavy atom. The Bertz CT molecular complexity index is 437. The average Bonchev–Trinajstić information content (AvgIpc) is 2.35. The number of nitrogens with two attached hydrogens (primary N) is 1. The van der Waals surface area contributed by atoms with Crippen LogP contribution in [-0.2, 0) is 4.79 Å². The summed E-state index contributed by atoms with van der Waals surface area (Å²) in [5.41, 5.74) is 1.87. The van der Waals surface area contributed by atoms with Crippen LogP contribution in [0.2, 0.25) is 0 Å². The normalized spacial score (nSPS) is 12.9. The molecule has 0 fully saturated rings. The maximum atomic E-state index is 12.4. The smallest absolute Gasteiger partial charge is 0.405 e. The van der Waals surface area contributed by atoms with Gasteiger partial charge in [0.05, 0.1) is 19.2 Å². The van der Waals surface area contributed by atoms with Crippen LogP contribution < -0.4 is 21.3 Å². The summed E-state index contributed by atoms with van der Waals surface area (Å²) in [5.74, 6) is 4.33. The molecule has 0 spiro atoms. The standard InChI is InChI=1S/C11H14F3N3O2/c1-19-8-5-3-2-4-7(8)16-10(18)6-9(17-15)11(12,13)14/h2-5,9,17H,6,15H2,1H3,(H,16,18). The van der Waals surface area contributed by atoms with Gasteiger partial charge in [-0.3, -0.25) is 10.6 Å². The Balaban J connectivity index is 2.70. The molecule has 0 aliphatic heterocycles.